The van der Waals surface area contributed by atoms with E-state index in [1.165, 1.54) is 5.56 Å². The predicted octanol–water partition coefficient (Wildman–Crippen LogP) is 2.97. The van der Waals surface area contributed by atoms with Crippen LogP contribution in [-0.2, 0) is 0 Å². The third-order valence-electron chi connectivity index (χ3n) is 5.75. The number of aromatic nitrogens is 2. The van der Waals surface area contributed by atoms with Gasteiger partial charge in [-0.15, -0.1) is 10.2 Å². The van der Waals surface area contributed by atoms with Gasteiger partial charge >= 0.3 is 0 Å². The number of fused-ring (bicyclic) bond motifs is 1. The molecule has 0 saturated carbocycles. The molecule has 1 amide bonds. The fourth-order valence-corrected chi connectivity index (χ4v) is 3.86. The Morgan fingerprint density at radius 1 is 1.00 bits per heavy atom. The minimum atomic E-state index is -0.0879. The van der Waals surface area contributed by atoms with Crippen LogP contribution in [0.5, 0.6) is 0 Å². The summed E-state index contributed by atoms with van der Waals surface area (Å²) in [5.74, 6) is -0.0879. The average Bonchev–Trinajstić information content (AvgIpc) is 2.77. The van der Waals surface area contributed by atoms with Crippen molar-refractivity contribution >= 4 is 16.8 Å². The van der Waals surface area contributed by atoms with Crippen molar-refractivity contribution in [2.75, 3.05) is 46.3 Å². The molecule has 6 heteroatoms. The smallest absolute Gasteiger partial charge is 0.254 e. The standard InChI is InChI=1S/C24H29N5O/c1-18-8-10-19(11-9-18)23-22(20-6-3-4-7-21(20)26-27-23)24(30)25-12-5-13-29-16-14-28(2)15-17-29/h3-4,6-11H,5,12-17H2,1-2H3,(H,25,30). The molecule has 6 nitrogen and oxygen atoms in total. The zero-order chi connectivity index (χ0) is 20.9. The minimum absolute atomic E-state index is 0.0879. The number of hydrogen-bond acceptors (Lipinski definition) is 5. The first-order chi connectivity index (χ1) is 14.6. The van der Waals surface area contributed by atoms with E-state index in [1.54, 1.807) is 0 Å². The summed E-state index contributed by atoms with van der Waals surface area (Å²) >= 11 is 0. The molecule has 2 heterocycles. The fourth-order valence-electron chi connectivity index (χ4n) is 3.86. The molecule has 1 fully saturated rings. The van der Waals surface area contributed by atoms with Gasteiger partial charge in [0.2, 0.25) is 0 Å². The second-order valence-electron chi connectivity index (χ2n) is 8.06. The largest absolute Gasteiger partial charge is 0.352 e. The molecule has 156 valence electrons. The second kappa shape index (κ2) is 9.32. The van der Waals surface area contributed by atoms with Crippen molar-refractivity contribution in [3.63, 3.8) is 0 Å². The monoisotopic (exact) mass is 403 g/mol. The van der Waals surface area contributed by atoms with Crippen LogP contribution in [0, 0.1) is 6.92 Å². The molecule has 2 aromatic carbocycles. The van der Waals surface area contributed by atoms with E-state index in [2.05, 4.69) is 32.4 Å². The third kappa shape index (κ3) is 4.66. The van der Waals surface area contributed by atoms with Crippen LogP contribution in [0.15, 0.2) is 48.5 Å². The number of nitrogens with zero attached hydrogens (tertiary/aromatic N) is 4. The third-order valence-corrected chi connectivity index (χ3v) is 5.75. The number of hydrogen-bond donors (Lipinski definition) is 1. The van der Waals surface area contributed by atoms with E-state index in [-0.39, 0.29) is 5.91 Å². The molecule has 4 rings (SSSR count). The number of nitrogens with one attached hydrogen (secondary N) is 1. The molecule has 3 aromatic rings. The van der Waals surface area contributed by atoms with Gasteiger partial charge in [0.05, 0.1) is 11.1 Å². The molecule has 1 aliphatic heterocycles. The van der Waals surface area contributed by atoms with Crippen LogP contribution in [0.3, 0.4) is 0 Å². The van der Waals surface area contributed by atoms with Crippen molar-refractivity contribution in [1.29, 1.82) is 0 Å². The molecule has 0 spiro atoms. The first-order valence-corrected chi connectivity index (χ1v) is 10.6. The highest BCUT2D eigenvalue weighted by molar-refractivity contribution is 6.10. The Kier molecular flexibility index (Phi) is 6.35. The Hall–Kier alpha value is -2.83. The molecule has 1 aliphatic rings. The molecule has 1 N–H and O–H groups in total. The Morgan fingerprint density at radius 3 is 2.50 bits per heavy atom. The minimum Gasteiger partial charge on any atom is -0.352 e. The normalized spacial score (nSPS) is 15.4. The van der Waals surface area contributed by atoms with E-state index in [9.17, 15) is 4.79 Å². The van der Waals surface area contributed by atoms with Gasteiger partial charge in [0.1, 0.15) is 5.69 Å². The number of carbonyl (C=O) groups is 1. The highest BCUT2D eigenvalue weighted by Crippen LogP contribution is 2.27. The molecule has 30 heavy (non-hydrogen) atoms. The van der Waals surface area contributed by atoms with Gasteiger partial charge in [-0.25, -0.2) is 0 Å². The number of carbonyl (C=O) groups excluding carboxylic acids is 1. The van der Waals surface area contributed by atoms with Crippen molar-refractivity contribution in [2.45, 2.75) is 13.3 Å². The van der Waals surface area contributed by atoms with Gasteiger partial charge in [-0.2, -0.15) is 0 Å². The number of likely N-dealkylation sites (N-methyl/N-ethyl adjacent to an activating group) is 1. The molecule has 0 bridgehead atoms. The van der Waals surface area contributed by atoms with Crippen LogP contribution >= 0.6 is 0 Å². The Balaban J connectivity index is 1.50. The van der Waals surface area contributed by atoms with Crippen LogP contribution in [0.4, 0.5) is 0 Å². The van der Waals surface area contributed by atoms with Gasteiger partial charge in [0.25, 0.3) is 5.91 Å². The van der Waals surface area contributed by atoms with E-state index in [1.807, 2.05) is 55.5 Å². The Bertz CT molecular complexity index is 1010. The number of aryl methyl sites for hydroxylation is 1. The van der Waals surface area contributed by atoms with Gasteiger partial charge in [-0.05, 0) is 33.0 Å². The highest BCUT2D eigenvalue weighted by atomic mass is 16.1. The summed E-state index contributed by atoms with van der Waals surface area (Å²) in [5, 5.41) is 12.7. The molecule has 0 aliphatic carbocycles. The predicted molar refractivity (Wildman–Crippen MR) is 121 cm³/mol. The van der Waals surface area contributed by atoms with Gasteiger partial charge in [-0.3, -0.25) is 4.79 Å². The van der Waals surface area contributed by atoms with Crippen molar-refractivity contribution < 1.29 is 4.79 Å². The number of amides is 1. The maximum Gasteiger partial charge on any atom is 0.254 e. The van der Waals surface area contributed by atoms with E-state index >= 15 is 0 Å². The highest BCUT2D eigenvalue weighted by Gasteiger charge is 2.19. The van der Waals surface area contributed by atoms with Crippen LogP contribution in [-0.4, -0.2) is 72.2 Å². The fraction of sp³-hybridized carbons (Fsp3) is 0.375. The first kappa shape index (κ1) is 20.4. The number of benzene rings is 2. The maximum absolute atomic E-state index is 13.2. The van der Waals surface area contributed by atoms with Crippen molar-refractivity contribution in [1.82, 2.24) is 25.3 Å². The Morgan fingerprint density at radius 2 is 1.73 bits per heavy atom. The quantitative estimate of drug-likeness (QED) is 0.641. The topological polar surface area (TPSA) is 61.4 Å². The molecule has 1 aromatic heterocycles. The van der Waals surface area contributed by atoms with E-state index in [4.69, 9.17) is 0 Å². The number of piperazine rings is 1. The lowest BCUT2D eigenvalue weighted by Gasteiger charge is -2.32. The lowest BCUT2D eigenvalue weighted by atomic mass is 10.0. The SMILES string of the molecule is Cc1ccc(-c2nnc3ccccc3c2C(=O)NCCCN2CCN(C)CC2)cc1. The first-order valence-electron chi connectivity index (χ1n) is 10.6. The summed E-state index contributed by atoms with van der Waals surface area (Å²) in [6.45, 7) is 8.12. The Labute approximate surface area is 177 Å². The van der Waals surface area contributed by atoms with Crippen molar-refractivity contribution in [3.8, 4) is 11.3 Å². The molecule has 0 atom stereocenters. The molecular formula is C24H29N5O. The summed E-state index contributed by atoms with van der Waals surface area (Å²) in [6.07, 6.45) is 0.936. The zero-order valence-corrected chi connectivity index (χ0v) is 17.8. The van der Waals surface area contributed by atoms with Crippen LogP contribution in [0.1, 0.15) is 22.3 Å². The van der Waals surface area contributed by atoms with Gasteiger partial charge in [0.15, 0.2) is 0 Å². The van der Waals surface area contributed by atoms with Crippen LogP contribution < -0.4 is 5.32 Å². The zero-order valence-electron chi connectivity index (χ0n) is 17.8. The summed E-state index contributed by atoms with van der Waals surface area (Å²) in [4.78, 5) is 18.0. The summed E-state index contributed by atoms with van der Waals surface area (Å²) < 4.78 is 0. The van der Waals surface area contributed by atoms with E-state index in [0.717, 1.165) is 55.6 Å². The summed E-state index contributed by atoms with van der Waals surface area (Å²) in [6, 6.07) is 15.8. The van der Waals surface area contributed by atoms with Gasteiger partial charge in [0, 0.05) is 43.7 Å². The number of rotatable bonds is 6. The summed E-state index contributed by atoms with van der Waals surface area (Å²) in [7, 11) is 2.16. The van der Waals surface area contributed by atoms with Crippen molar-refractivity contribution in [3.05, 3.63) is 59.7 Å². The molecule has 1 saturated heterocycles. The lowest BCUT2D eigenvalue weighted by molar-refractivity contribution is 0.0951. The van der Waals surface area contributed by atoms with Crippen LogP contribution in [0.25, 0.3) is 22.2 Å². The van der Waals surface area contributed by atoms with E-state index < -0.39 is 0 Å². The maximum atomic E-state index is 13.2. The second-order valence-corrected chi connectivity index (χ2v) is 8.06. The van der Waals surface area contributed by atoms with Gasteiger partial charge in [-0.1, -0.05) is 48.0 Å². The van der Waals surface area contributed by atoms with E-state index in [0.29, 0.717) is 17.8 Å². The average molecular weight is 404 g/mol. The molecular weight excluding hydrogens is 374 g/mol. The molecule has 0 radical (unpaired) electrons. The van der Waals surface area contributed by atoms with Crippen LogP contribution in [0.2, 0.25) is 0 Å². The summed E-state index contributed by atoms with van der Waals surface area (Å²) in [5.41, 5.74) is 4.04. The van der Waals surface area contributed by atoms with Gasteiger partial charge < -0.3 is 15.1 Å². The van der Waals surface area contributed by atoms with Crippen molar-refractivity contribution in [2.24, 2.45) is 0 Å². The lowest BCUT2D eigenvalue weighted by Crippen LogP contribution is -2.45. The molecule has 0 unspecified atom stereocenters.